The van der Waals surface area contributed by atoms with Crippen LogP contribution in [0.25, 0.3) is 0 Å². The van der Waals surface area contributed by atoms with Gasteiger partial charge in [-0.3, -0.25) is 0 Å². The molecular weight excluding hydrogens is 243 g/mol. The predicted octanol–water partition coefficient (Wildman–Crippen LogP) is 2.52. The molecule has 1 aromatic rings. The number of aromatic nitrogens is 2. The first-order chi connectivity index (χ1) is 8.48. The van der Waals surface area contributed by atoms with Crippen LogP contribution in [0.1, 0.15) is 43.0 Å². The average molecular weight is 259 g/mol. The third-order valence-electron chi connectivity index (χ3n) is 3.89. The topological polar surface area (TPSA) is 29.9 Å². The van der Waals surface area contributed by atoms with Crippen molar-refractivity contribution in [1.82, 2.24) is 14.9 Å². The molecule has 6 heteroatoms. The standard InChI is InChI=1S/C12H16F3N3/c1-7(8-2-3-8)18-10-4-5-16-6-9(10)17-11(18)12(13,14)15/h7-8,16H,2-6H2,1H3. The number of nitrogens with one attached hydrogen (secondary N) is 1. The number of nitrogens with zero attached hydrogens (tertiary/aromatic N) is 2. The Balaban J connectivity index is 2.09. The highest BCUT2D eigenvalue weighted by molar-refractivity contribution is 5.23. The van der Waals surface area contributed by atoms with Crippen LogP contribution in [0.2, 0.25) is 0 Å². The number of fused-ring (bicyclic) bond motifs is 1. The van der Waals surface area contributed by atoms with Gasteiger partial charge < -0.3 is 9.88 Å². The van der Waals surface area contributed by atoms with Gasteiger partial charge in [0.25, 0.3) is 0 Å². The van der Waals surface area contributed by atoms with E-state index in [1.54, 1.807) is 0 Å². The zero-order chi connectivity index (χ0) is 12.9. The minimum atomic E-state index is -4.36. The Morgan fingerprint density at radius 2 is 2.11 bits per heavy atom. The highest BCUT2D eigenvalue weighted by Crippen LogP contribution is 2.43. The Labute approximate surface area is 103 Å². The van der Waals surface area contributed by atoms with Crippen LogP contribution >= 0.6 is 0 Å². The molecule has 1 aliphatic carbocycles. The number of hydrogen-bond donors (Lipinski definition) is 1. The van der Waals surface area contributed by atoms with Crippen LogP contribution in [-0.4, -0.2) is 16.1 Å². The normalized spacial score (nSPS) is 21.8. The van der Waals surface area contributed by atoms with Gasteiger partial charge in [0.15, 0.2) is 0 Å². The summed E-state index contributed by atoms with van der Waals surface area (Å²) in [5.41, 5.74) is 1.35. The molecule has 2 heterocycles. The fraction of sp³-hybridized carbons (Fsp3) is 0.750. The van der Waals surface area contributed by atoms with Crippen LogP contribution in [-0.2, 0) is 19.1 Å². The summed E-state index contributed by atoms with van der Waals surface area (Å²) in [4.78, 5) is 3.83. The van der Waals surface area contributed by atoms with Crippen molar-refractivity contribution >= 4 is 0 Å². The summed E-state index contributed by atoms with van der Waals surface area (Å²) in [6, 6.07) is -0.0871. The molecule has 0 radical (unpaired) electrons. The van der Waals surface area contributed by atoms with Gasteiger partial charge in [0.2, 0.25) is 5.82 Å². The molecule has 3 rings (SSSR count). The van der Waals surface area contributed by atoms with Gasteiger partial charge in [0, 0.05) is 31.2 Å². The molecule has 1 atom stereocenters. The minimum Gasteiger partial charge on any atom is -0.321 e. The van der Waals surface area contributed by atoms with Gasteiger partial charge in [-0.2, -0.15) is 13.2 Å². The quantitative estimate of drug-likeness (QED) is 0.884. The maximum atomic E-state index is 13.1. The Bertz CT molecular complexity index is 460. The van der Waals surface area contributed by atoms with Crippen LogP contribution in [0.3, 0.4) is 0 Å². The third-order valence-corrected chi connectivity index (χ3v) is 3.89. The summed E-state index contributed by atoms with van der Waals surface area (Å²) in [6.07, 6.45) is -1.66. The fourth-order valence-electron chi connectivity index (χ4n) is 2.76. The first-order valence-corrected chi connectivity index (χ1v) is 6.36. The van der Waals surface area contributed by atoms with E-state index >= 15 is 0 Å². The largest absolute Gasteiger partial charge is 0.449 e. The van der Waals surface area contributed by atoms with E-state index in [1.807, 2.05) is 6.92 Å². The lowest BCUT2D eigenvalue weighted by atomic mass is 10.1. The van der Waals surface area contributed by atoms with E-state index in [1.165, 1.54) is 4.57 Å². The van der Waals surface area contributed by atoms with Crippen molar-refractivity contribution < 1.29 is 13.2 Å². The number of rotatable bonds is 2. The zero-order valence-corrected chi connectivity index (χ0v) is 10.2. The van der Waals surface area contributed by atoms with E-state index in [4.69, 9.17) is 0 Å². The molecule has 0 bridgehead atoms. The summed E-state index contributed by atoms with van der Waals surface area (Å²) in [7, 11) is 0. The molecule has 0 saturated heterocycles. The molecule has 1 aromatic heterocycles. The average Bonchev–Trinajstić information content (AvgIpc) is 3.06. The SMILES string of the molecule is CC(C1CC1)n1c(C(F)(F)F)nc2c1CCNC2. The maximum Gasteiger partial charge on any atom is 0.449 e. The van der Waals surface area contributed by atoms with Crippen molar-refractivity contribution in [1.29, 1.82) is 0 Å². The summed E-state index contributed by atoms with van der Waals surface area (Å²) in [5.74, 6) is -0.324. The van der Waals surface area contributed by atoms with Gasteiger partial charge in [0.1, 0.15) is 0 Å². The third kappa shape index (κ3) is 1.92. The summed E-state index contributed by atoms with van der Waals surface area (Å²) in [5, 5.41) is 3.07. The van der Waals surface area contributed by atoms with Crippen LogP contribution in [0.4, 0.5) is 13.2 Å². The van der Waals surface area contributed by atoms with Crippen molar-refractivity contribution in [3.05, 3.63) is 17.2 Å². The smallest absolute Gasteiger partial charge is 0.321 e. The molecule has 100 valence electrons. The summed E-state index contributed by atoms with van der Waals surface area (Å²) < 4.78 is 40.7. The molecule has 1 aliphatic heterocycles. The molecule has 0 spiro atoms. The predicted molar refractivity (Wildman–Crippen MR) is 60.1 cm³/mol. The first-order valence-electron chi connectivity index (χ1n) is 6.36. The zero-order valence-electron chi connectivity index (χ0n) is 10.2. The molecule has 3 nitrogen and oxygen atoms in total. The van der Waals surface area contributed by atoms with Gasteiger partial charge in [-0.1, -0.05) is 0 Å². The summed E-state index contributed by atoms with van der Waals surface area (Å²) >= 11 is 0. The van der Waals surface area contributed by atoms with E-state index in [0.717, 1.165) is 25.1 Å². The highest BCUT2D eigenvalue weighted by atomic mass is 19.4. The Kier molecular flexibility index (Phi) is 2.66. The molecule has 0 amide bonds. The van der Waals surface area contributed by atoms with E-state index in [9.17, 15) is 13.2 Å². The monoisotopic (exact) mass is 259 g/mol. The van der Waals surface area contributed by atoms with Gasteiger partial charge in [-0.25, -0.2) is 4.98 Å². The highest BCUT2D eigenvalue weighted by Gasteiger charge is 2.42. The summed E-state index contributed by atoms with van der Waals surface area (Å²) in [6.45, 7) is 3.06. The van der Waals surface area contributed by atoms with Crippen LogP contribution < -0.4 is 5.32 Å². The van der Waals surface area contributed by atoms with Crippen molar-refractivity contribution in [2.24, 2.45) is 5.92 Å². The lowest BCUT2D eigenvalue weighted by molar-refractivity contribution is -0.148. The van der Waals surface area contributed by atoms with Gasteiger partial charge in [-0.05, 0) is 25.7 Å². The number of hydrogen-bond acceptors (Lipinski definition) is 2. The van der Waals surface area contributed by atoms with Crippen molar-refractivity contribution in [2.45, 2.75) is 44.9 Å². The minimum absolute atomic E-state index is 0.0871. The van der Waals surface area contributed by atoms with Crippen LogP contribution in [0, 0.1) is 5.92 Å². The lowest BCUT2D eigenvalue weighted by Crippen LogP contribution is -2.26. The second kappa shape index (κ2) is 3.98. The second-order valence-corrected chi connectivity index (χ2v) is 5.20. The maximum absolute atomic E-state index is 13.1. The lowest BCUT2D eigenvalue weighted by Gasteiger charge is -2.22. The van der Waals surface area contributed by atoms with E-state index in [-0.39, 0.29) is 6.04 Å². The Morgan fingerprint density at radius 1 is 1.39 bits per heavy atom. The number of imidazole rings is 1. The van der Waals surface area contributed by atoms with E-state index in [2.05, 4.69) is 10.3 Å². The fourth-order valence-corrected chi connectivity index (χ4v) is 2.76. The number of alkyl halides is 3. The first kappa shape index (κ1) is 12.0. The second-order valence-electron chi connectivity index (χ2n) is 5.20. The van der Waals surface area contributed by atoms with Crippen LogP contribution in [0.15, 0.2) is 0 Å². The molecule has 2 aliphatic rings. The Hall–Kier alpha value is -1.04. The molecule has 0 aromatic carbocycles. The number of halogens is 3. The molecule has 1 fully saturated rings. The molecule has 18 heavy (non-hydrogen) atoms. The molecule has 1 saturated carbocycles. The van der Waals surface area contributed by atoms with E-state index in [0.29, 0.717) is 24.6 Å². The van der Waals surface area contributed by atoms with E-state index < -0.39 is 12.0 Å². The van der Waals surface area contributed by atoms with Gasteiger partial charge >= 0.3 is 6.18 Å². The van der Waals surface area contributed by atoms with Gasteiger partial charge in [-0.15, -0.1) is 0 Å². The van der Waals surface area contributed by atoms with Gasteiger partial charge in [0.05, 0.1) is 5.69 Å². The van der Waals surface area contributed by atoms with Crippen molar-refractivity contribution in [3.8, 4) is 0 Å². The van der Waals surface area contributed by atoms with Crippen molar-refractivity contribution in [2.75, 3.05) is 6.54 Å². The molecular formula is C12H16F3N3. The molecule has 1 N–H and O–H groups in total. The molecule has 1 unspecified atom stereocenters. The van der Waals surface area contributed by atoms with Crippen LogP contribution in [0.5, 0.6) is 0 Å². The Morgan fingerprint density at radius 3 is 2.72 bits per heavy atom. The van der Waals surface area contributed by atoms with Crippen molar-refractivity contribution in [3.63, 3.8) is 0 Å².